The summed E-state index contributed by atoms with van der Waals surface area (Å²) in [6, 6.07) is 8.16. The van der Waals surface area contributed by atoms with Gasteiger partial charge in [-0.1, -0.05) is 18.2 Å². The normalized spacial score (nSPS) is 12.9. The number of fused-ring (bicyclic) bond motifs is 3. The molecule has 0 saturated carbocycles. The first kappa shape index (κ1) is 15.7. The molecule has 0 amide bonds. The Balaban J connectivity index is 2.30. The van der Waals surface area contributed by atoms with Gasteiger partial charge in [0.25, 0.3) is 0 Å². The van der Waals surface area contributed by atoms with Crippen LogP contribution in [0.5, 0.6) is 17.2 Å². The number of benzene rings is 2. The summed E-state index contributed by atoms with van der Waals surface area (Å²) in [5, 5.41) is 9.39. The van der Waals surface area contributed by atoms with Gasteiger partial charge in [0, 0.05) is 5.56 Å². The summed E-state index contributed by atoms with van der Waals surface area (Å²) in [6.07, 6.45) is 2.98. The van der Waals surface area contributed by atoms with Crippen LogP contribution in [0.25, 0.3) is 11.1 Å². The van der Waals surface area contributed by atoms with E-state index < -0.39 is 0 Å². The molecule has 0 atom stereocenters. The Morgan fingerprint density at radius 3 is 2.30 bits per heavy atom. The Morgan fingerprint density at radius 2 is 1.65 bits per heavy atom. The van der Waals surface area contributed by atoms with Crippen molar-refractivity contribution in [3.63, 3.8) is 0 Å². The van der Waals surface area contributed by atoms with Crippen LogP contribution in [0.15, 0.2) is 24.3 Å². The Kier molecular flexibility index (Phi) is 4.44. The quantitative estimate of drug-likeness (QED) is 0.940. The van der Waals surface area contributed by atoms with Gasteiger partial charge in [0.15, 0.2) is 11.5 Å². The van der Waals surface area contributed by atoms with Crippen LogP contribution in [0.1, 0.15) is 23.1 Å². The molecule has 0 unspecified atom stereocenters. The summed E-state index contributed by atoms with van der Waals surface area (Å²) >= 11 is 0. The predicted octanol–water partition coefficient (Wildman–Crippen LogP) is 3.36. The van der Waals surface area contributed by atoms with Gasteiger partial charge >= 0.3 is 0 Å². The van der Waals surface area contributed by atoms with Crippen LogP contribution >= 0.6 is 0 Å². The van der Waals surface area contributed by atoms with Crippen molar-refractivity contribution < 1.29 is 19.3 Å². The van der Waals surface area contributed by atoms with E-state index >= 15 is 0 Å². The molecule has 0 bridgehead atoms. The molecule has 1 aliphatic rings. The van der Waals surface area contributed by atoms with Crippen LogP contribution < -0.4 is 14.2 Å². The SMILES string of the molecule is COc1cc2c(c(OC)c1OC)-c1ccc(CO)cc1CCC2. The van der Waals surface area contributed by atoms with Crippen molar-refractivity contribution in [2.75, 3.05) is 21.3 Å². The van der Waals surface area contributed by atoms with Gasteiger partial charge in [0.2, 0.25) is 5.75 Å². The fourth-order valence-corrected chi connectivity index (χ4v) is 3.36. The van der Waals surface area contributed by atoms with E-state index in [2.05, 4.69) is 12.1 Å². The zero-order chi connectivity index (χ0) is 16.4. The Labute approximate surface area is 136 Å². The topological polar surface area (TPSA) is 47.9 Å². The highest BCUT2D eigenvalue weighted by Gasteiger charge is 2.25. The maximum atomic E-state index is 9.39. The lowest BCUT2D eigenvalue weighted by Crippen LogP contribution is -2.00. The van der Waals surface area contributed by atoms with E-state index in [1.807, 2.05) is 12.1 Å². The van der Waals surface area contributed by atoms with Crippen LogP contribution in [0.3, 0.4) is 0 Å². The first-order valence-corrected chi connectivity index (χ1v) is 7.78. The highest BCUT2D eigenvalue weighted by atomic mass is 16.5. The number of rotatable bonds is 4. The number of methoxy groups -OCH3 is 3. The number of hydrogen-bond donors (Lipinski definition) is 1. The molecule has 1 N–H and O–H groups in total. The van der Waals surface area contributed by atoms with E-state index in [0.29, 0.717) is 17.2 Å². The van der Waals surface area contributed by atoms with Crippen molar-refractivity contribution in [3.8, 4) is 28.4 Å². The van der Waals surface area contributed by atoms with Crippen LogP contribution in [0.2, 0.25) is 0 Å². The molecule has 0 radical (unpaired) electrons. The van der Waals surface area contributed by atoms with E-state index in [-0.39, 0.29) is 6.61 Å². The molecule has 4 heteroatoms. The summed E-state index contributed by atoms with van der Waals surface area (Å²) in [5.41, 5.74) is 5.59. The van der Waals surface area contributed by atoms with Crippen LogP contribution in [0.4, 0.5) is 0 Å². The van der Waals surface area contributed by atoms with Gasteiger partial charge in [0.1, 0.15) is 0 Å². The zero-order valence-electron chi connectivity index (χ0n) is 13.8. The molecular formula is C19H22O4. The number of aliphatic hydroxyl groups excluding tert-OH is 1. The summed E-state index contributed by atoms with van der Waals surface area (Å²) in [5.74, 6) is 2.02. The maximum Gasteiger partial charge on any atom is 0.203 e. The zero-order valence-corrected chi connectivity index (χ0v) is 13.8. The fraction of sp³-hybridized carbons (Fsp3) is 0.368. The molecule has 3 rings (SSSR count). The van der Waals surface area contributed by atoms with Gasteiger partial charge in [0.05, 0.1) is 27.9 Å². The fourth-order valence-electron chi connectivity index (χ4n) is 3.36. The molecule has 0 aliphatic heterocycles. The number of aryl methyl sites for hydroxylation is 2. The average Bonchev–Trinajstić information content (AvgIpc) is 2.78. The van der Waals surface area contributed by atoms with Gasteiger partial charge in [-0.15, -0.1) is 0 Å². The minimum Gasteiger partial charge on any atom is -0.493 e. The van der Waals surface area contributed by atoms with Crippen molar-refractivity contribution >= 4 is 0 Å². The second-order valence-electron chi connectivity index (χ2n) is 5.68. The molecule has 2 aromatic carbocycles. The highest BCUT2D eigenvalue weighted by Crippen LogP contribution is 2.49. The number of aliphatic hydroxyl groups is 1. The molecule has 0 heterocycles. The lowest BCUT2D eigenvalue weighted by molar-refractivity contribution is 0.281. The molecule has 0 fully saturated rings. The van der Waals surface area contributed by atoms with Gasteiger partial charge in [-0.2, -0.15) is 0 Å². The Bertz CT molecular complexity index is 722. The Morgan fingerprint density at radius 1 is 0.913 bits per heavy atom. The lowest BCUT2D eigenvalue weighted by atomic mass is 9.93. The van der Waals surface area contributed by atoms with E-state index in [1.54, 1.807) is 21.3 Å². The molecule has 4 nitrogen and oxygen atoms in total. The monoisotopic (exact) mass is 314 g/mol. The average molecular weight is 314 g/mol. The lowest BCUT2D eigenvalue weighted by Gasteiger charge is -2.19. The molecule has 0 aromatic heterocycles. The largest absolute Gasteiger partial charge is 0.493 e. The van der Waals surface area contributed by atoms with Gasteiger partial charge in [-0.3, -0.25) is 0 Å². The maximum absolute atomic E-state index is 9.39. The first-order valence-electron chi connectivity index (χ1n) is 7.78. The Hall–Kier alpha value is -2.20. The summed E-state index contributed by atoms with van der Waals surface area (Å²) in [6.45, 7) is 0.0587. The van der Waals surface area contributed by atoms with Crippen LogP contribution in [0, 0.1) is 0 Å². The molecule has 122 valence electrons. The standard InChI is InChI=1S/C19H22O4/c1-21-16-10-14-6-4-5-13-9-12(11-20)7-8-15(13)17(14)19(23-3)18(16)22-2/h7-10,20H,4-6,11H2,1-3H3. The van der Waals surface area contributed by atoms with E-state index in [1.165, 1.54) is 11.1 Å². The van der Waals surface area contributed by atoms with Crippen LogP contribution in [-0.4, -0.2) is 26.4 Å². The summed E-state index contributed by atoms with van der Waals surface area (Å²) < 4.78 is 16.7. The third-order valence-electron chi connectivity index (χ3n) is 4.43. The van der Waals surface area contributed by atoms with Crippen molar-refractivity contribution in [3.05, 3.63) is 41.0 Å². The van der Waals surface area contributed by atoms with Gasteiger partial charge < -0.3 is 19.3 Å². The summed E-state index contributed by atoms with van der Waals surface area (Å²) in [4.78, 5) is 0. The van der Waals surface area contributed by atoms with Crippen LogP contribution in [-0.2, 0) is 19.4 Å². The predicted molar refractivity (Wildman–Crippen MR) is 89.5 cm³/mol. The van der Waals surface area contributed by atoms with Crippen molar-refractivity contribution in [2.24, 2.45) is 0 Å². The first-order chi connectivity index (χ1) is 11.2. The van der Waals surface area contributed by atoms with E-state index in [4.69, 9.17) is 14.2 Å². The molecule has 0 saturated heterocycles. The third kappa shape index (κ3) is 2.63. The summed E-state index contributed by atoms with van der Waals surface area (Å²) in [7, 11) is 4.92. The molecule has 0 spiro atoms. The van der Waals surface area contributed by atoms with E-state index in [9.17, 15) is 5.11 Å². The van der Waals surface area contributed by atoms with E-state index in [0.717, 1.165) is 36.0 Å². The molecule has 2 aromatic rings. The van der Waals surface area contributed by atoms with Crippen molar-refractivity contribution in [1.29, 1.82) is 0 Å². The molecular weight excluding hydrogens is 292 g/mol. The number of hydrogen-bond acceptors (Lipinski definition) is 4. The second kappa shape index (κ2) is 6.50. The third-order valence-corrected chi connectivity index (χ3v) is 4.43. The second-order valence-corrected chi connectivity index (χ2v) is 5.68. The van der Waals surface area contributed by atoms with Crippen molar-refractivity contribution in [1.82, 2.24) is 0 Å². The minimum absolute atomic E-state index is 0.0587. The van der Waals surface area contributed by atoms with Gasteiger partial charge in [-0.25, -0.2) is 0 Å². The van der Waals surface area contributed by atoms with Gasteiger partial charge in [-0.05, 0) is 47.6 Å². The minimum atomic E-state index is 0.0587. The number of ether oxygens (including phenoxy) is 3. The molecule has 1 aliphatic carbocycles. The smallest absolute Gasteiger partial charge is 0.203 e. The highest BCUT2D eigenvalue weighted by molar-refractivity contribution is 5.82. The van der Waals surface area contributed by atoms with Crippen molar-refractivity contribution in [2.45, 2.75) is 25.9 Å². The molecule has 23 heavy (non-hydrogen) atoms.